The van der Waals surface area contributed by atoms with E-state index in [0.717, 1.165) is 68.3 Å². The summed E-state index contributed by atoms with van der Waals surface area (Å²) in [5.41, 5.74) is 2.09. The Balaban J connectivity index is 1.50. The van der Waals surface area contributed by atoms with Crippen molar-refractivity contribution >= 4 is 11.9 Å². The van der Waals surface area contributed by atoms with Gasteiger partial charge in [0.2, 0.25) is 5.91 Å². The Hall–Kier alpha value is -2.05. The van der Waals surface area contributed by atoms with Crippen LogP contribution in [-0.4, -0.2) is 54.1 Å². The molecule has 0 spiro atoms. The fraction of sp³-hybridized carbons (Fsp3) is 0.762. The zero-order chi connectivity index (χ0) is 19.9. The fourth-order valence-electron chi connectivity index (χ4n) is 4.34. The normalized spacial score (nSPS) is 21.2. The average Bonchev–Trinajstić information content (AvgIpc) is 3.29. The molecule has 7 nitrogen and oxygen atoms in total. The summed E-state index contributed by atoms with van der Waals surface area (Å²) in [7, 11) is 0. The van der Waals surface area contributed by atoms with Crippen LogP contribution in [0, 0.1) is 19.8 Å². The number of hydrogen-bond donors (Lipinski definition) is 2. The number of likely N-dealkylation sites (tertiary alicyclic amines) is 1. The van der Waals surface area contributed by atoms with E-state index in [-0.39, 0.29) is 12.0 Å². The van der Waals surface area contributed by atoms with E-state index in [4.69, 9.17) is 9.52 Å². The Bertz CT molecular complexity index is 659. The summed E-state index contributed by atoms with van der Waals surface area (Å²) in [6, 6.07) is 0.268. The number of aliphatic imine (C=N–C) groups is 1. The average molecular weight is 390 g/mol. The zero-order valence-electron chi connectivity index (χ0n) is 17.6. The molecule has 2 heterocycles. The molecule has 1 aliphatic heterocycles. The molecular weight excluding hydrogens is 354 g/mol. The number of guanidine groups is 1. The maximum atomic E-state index is 12.8. The van der Waals surface area contributed by atoms with Crippen LogP contribution in [0.4, 0.5) is 0 Å². The van der Waals surface area contributed by atoms with E-state index in [1.807, 2.05) is 13.8 Å². The van der Waals surface area contributed by atoms with Gasteiger partial charge >= 0.3 is 0 Å². The third-order valence-corrected chi connectivity index (χ3v) is 5.95. The molecule has 3 rings (SSSR count). The van der Waals surface area contributed by atoms with Crippen molar-refractivity contribution in [2.24, 2.45) is 10.9 Å². The molecule has 156 valence electrons. The third kappa shape index (κ3) is 5.26. The predicted octanol–water partition coefficient (Wildman–Crippen LogP) is 2.57. The summed E-state index contributed by atoms with van der Waals surface area (Å²) in [4.78, 5) is 19.5. The third-order valence-electron chi connectivity index (χ3n) is 5.95. The van der Waals surface area contributed by atoms with Gasteiger partial charge in [-0.1, -0.05) is 24.4 Å². The van der Waals surface area contributed by atoms with Gasteiger partial charge in [-0.05, 0) is 46.5 Å². The van der Waals surface area contributed by atoms with Crippen molar-refractivity contribution in [2.75, 3.05) is 26.2 Å². The van der Waals surface area contributed by atoms with Crippen molar-refractivity contribution in [1.82, 2.24) is 20.7 Å². The van der Waals surface area contributed by atoms with Crippen LogP contribution in [-0.2, 0) is 11.2 Å². The lowest BCUT2D eigenvalue weighted by molar-refractivity contribution is -0.135. The van der Waals surface area contributed by atoms with Crippen molar-refractivity contribution < 1.29 is 9.32 Å². The second kappa shape index (κ2) is 9.94. The molecule has 1 amide bonds. The summed E-state index contributed by atoms with van der Waals surface area (Å²) in [6.45, 7) is 9.10. The summed E-state index contributed by atoms with van der Waals surface area (Å²) in [5, 5.41) is 10.8. The van der Waals surface area contributed by atoms with Crippen molar-refractivity contribution in [3.05, 3.63) is 17.0 Å². The minimum Gasteiger partial charge on any atom is -0.361 e. The molecule has 7 heteroatoms. The largest absolute Gasteiger partial charge is 0.361 e. The molecular formula is C21H35N5O2. The van der Waals surface area contributed by atoms with Gasteiger partial charge in [0, 0.05) is 43.7 Å². The van der Waals surface area contributed by atoms with Gasteiger partial charge < -0.3 is 20.1 Å². The van der Waals surface area contributed by atoms with Crippen LogP contribution in [0.1, 0.15) is 62.5 Å². The number of nitrogens with one attached hydrogen (secondary N) is 2. The van der Waals surface area contributed by atoms with E-state index in [1.165, 1.54) is 19.3 Å². The number of rotatable bonds is 6. The van der Waals surface area contributed by atoms with Gasteiger partial charge in [0.15, 0.2) is 5.96 Å². The van der Waals surface area contributed by atoms with Gasteiger partial charge in [0.1, 0.15) is 5.76 Å². The van der Waals surface area contributed by atoms with Crippen molar-refractivity contribution in [3.63, 3.8) is 0 Å². The molecule has 1 unspecified atom stereocenters. The number of carbonyl (C=O) groups excluding carboxylic acids is 1. The van der Waals surface area contributed by atoms with E-state index < -0.39 is 0 Å². The first kappa shape index (κ1) is 20.7. The molecule has 1 saturated carbocycles. The Morgan fingerprint density at radius 1 is 1.25 bits per heavy atom. The van der Waals surface area contributed by atoms with Crippen molar-refractivity contribution in [2.45, 2.75) is 71.8 Å². The second-order valence-electron chi connectivity index (χ2n) is 8.06. The maximum absolute atomic E-state index is 12.8. The number of aryl methyl sites for hydroxylation is 2. The smallest absolute Gasteiger partial charge is 0.225 e. The van der Waals surface area contributed by atoms with Gasteiger partial charge in [-0.2, -0.15) is 0 Å². The van der Waals surface area contributed by atoms with E-state index in [2.05, 4.69) is 27.6 Å². The molecule has 0 radical (unpaired) electrons. The number of amides is 1. The Labute approximate surface area is 168 Å². The highest BCUT2D eigenvalue weighted by Gasteiger charge is 2.31. The van der Waals surface area contributed by atoms with Gasteiger partial charge in [-0.25, -0.2) is 0 Å². The Kier molecular flexibility index (Phi) is 7.34. The zero-order valence-corrected chi connectivity index (χ0v) is 17.6. The van der Waals surface area contributed by atoms with Gasteiger partial charge in [0.05, 0.1) is 5.69 Å². The molecule has 1 aliphatic carbocycles. The number of hydrogen-bond acceptors (Lipinski definition) is 4. The molecule has 1 atom stereocenters. The Morgan fingerprint density at radius 3 is 2.71 bits per heavy atom. The number of nitrogens with zero attached hydrogens (tertiary/aromatic N) is 3. The molecule has 1 saturated heterocycles. The predicted molar refractivity (Wildman–Crippen MR) is 110 cm³/mol. The minimum absolute atomic E-state index is 0.254. The summed E-state index contributed by atoms with van der Waals surface area (Å²) in [6.07, 6.45) is 7.62. The van der Waals surface area contributed by atoms with Crippen LogP contribution >= 0.6 is 0 Å². The van der Waals surface area contributed by atoms with Gasteiger partial charge in [0.25, 0.3) is 0 Å². The van der Waals surface area contributed by atoms with Gasteiger partial charge in [-0.15, -0.1) is 0 Å². The summed E-state index contributed by atoms with van der Waals surface area (Å²) < 4.78 is 5.22. The van der Waals surface area contributed by atoms with Crippen LogP contribution in [0.2, 0.25) is 0 Å². The first-order valence-electron chi connectivity index (χ1n) is 10.8. The van der Waals surface area contributed by atoms with E-state index in [9.17, 15) is 4.79 Å². The van der Waals surface area contributed by atoms with E-state index >= 15 is 0 Å². The molecule has 28 heavy (non-hydrogen) atoms. The topological polar surface area (TPSA) is 82.8 Å². The molecule has 1 aromatic heterocycles. The highest BCUT2D eigenvalue weighted by molar-refractivity contribution is 5.81. The SMILES string of the molecule is CCNC(=NCCc1c(C)noc1C)NC1CCN(C(=O)C2CCCCC2)C1. The summed E-state index contributed by atoms with van der Waals surface area (Å²) in [5.74, 6) is 2.32. The lowest BCUT2D eigenvalue weighted by atomic mass is 9.88. The van der Waals surface area contributed by atoms with E-state index in [0.29, 0.717) is 12.5 Å². The molecule has 0 bridgehead atoms. The lowest BCUT2D eigenvalue weighted by Crippen LogP contribution is -2.45. The highest BCUT2D eigenvalue weighted by atomic mass is 16.5. The first-order chi connectivity index (χ1) is 13.6. The van der Waals surface area contributed by atoms with E-state index in [1.54, 1.807) is 0 Å². The van der Waals surface area contributed by atoms with Crippen LogP contribution < -0.4 is 10.6 Å². The van der Waals surface area contributed by atoms with Crippen LogP contribution in [0.15, 0.2) is 9.52 Å². The van der Waals surface area contributed by atoms with Crippen molar-refractivity contribution in [1.29, 1.82) is 0 Å². The minimum atomic E-state index is 0.254. The molecule has 0 aromatic carbocycles. The molecule has 2 aliphatic rings. The monoisotopic (exact) mass is 389 g/mol. The fourth-order valence-corrected chi connectivity index (χ4v) is 4.34. The number of aromatic nitrogens is 1. The molecule has 2 fully saturated rings. The number of carbonyl (C=O) groups is 1. The van der Waals surface area contributed by atoms with Crippen LogP contribution in [0.5, 0.6) is 0 Å². The molecule has 1 aromatic rings. The summed E-state index contributed by atoms with van der Waals surface area (Å²) >= 11 is 0. The first-order valence-corrected chi connectivity index (χ1v) is 10.8. The highest BCUT2D eigenvalue weighted by Crippen LogP contribution is 2.26. The Morgan fingerprint density at radius 2 is 2.04 bits per heavy atom. The second-order valence-corrected chi connectivity index (χ2v) is 8.06. The molecule has 2 N–H and O–H groups in total. The van der Waals surface area contributed by atoms with Gasteiger partial charge in [-0.3, -0.25) is 9.79 Å². The quantitative estimate of drug-likeness (QED) is 0.577. The van der Waals surface area contributed by atoms with Crippen LogP contribution in [0.25, 0.3) is 0 Å². The lowest BCUT2D eigenvalue weighted by Gasteiger charge is -2.26. The van der Waals surface area contributed by atoms with Crippen molar-refractivity contribution in [3.8, 4) is 0 Å². The maximum Gasteiger partial charge on any atom is 0.225 e. The van der Waals surface area contributed by atoms with Crippen LogP contribution in [0.3, 0.4) is 0 Å². The standard InChI is InChI=1S/C21H35N5O2/c1-4-22-21(23-12-10-19-15(2)25-28-16(19)3)24-18-11-13-26(14-18)20(27)17-8-6-5-7-9-17/h17-18H,4-14H2,1-3H3,(H2,22,23,24).